The molecule has 76 valence electrons. The zero-order valence-corrected chi connectivity index (χ0v) is 8.63. The highest BCUT2D eigenvalue weighted by atomic mass is 16.5. The summed E-state index contributed by atoms with van der Waals surface area (Å²) in [6.45, 7) is 7.74. The lowest BCUT2D eigenvalue weighted by atomic mass is 9.67. The highest BCUT2D eigenvalue weighted by Crippen LogP contribution is 2.45. The van der Waals surface area contributed by atoms with Gasteiger partial charge in [0.15, 0.2) is 0 Å². The van der Waals surface area contributed by atoms with Crippen LogP contribution in [-0.2, 0) is 14.2 Å². The fraction of sp³-hybridized carbons (Fsp3) is 1.00. The van der Waals surface area contributed by atoms with Gasteiger partial charge in [-0.3, -0.25) is 0 Å². The summed E-state index contributed by atoms with van der Waals surface area (Å²) in [4.78, 5) is 0. The van der Waals surface area contributed by atoms with Crippen LogP contribution < -0.4 is 0 Å². The van der Waals surface area contributed by atoms with E-state index in [2.05, 4.69) is 13.8 Å². The first-order valence-electron chi connectivity index (χ1n) is 4.79. The van der Waals surface area contributed by atoms with Crippen molar-refractivity contribution in [2.24, 2.45) is 10.8 Å². The molecule has 0 spiro atoms. The fourth-order valence-corrected chi connectivity index (χ4v) is 2.56. The molecular weight excluding hydrogens is 168 g/mol. The van der Waals surface area contributed by atoms with Gasteiger partial charge in [0, 0.05) is 17.9 Å². The molecule has 2 aliphatic rings. The molecule has 13 heavy (non-hydrogen) atoms. The van der Waals surface area contributed by atoms with Gasteiger partial charge in [-0.25, -0.2) is 0 Å². The molecule has 0 bridgehead atoms. The Hall–Kier alpha value is -0.120. The van der Waals surface area contributed by atoms with E-state index in [1.54, 1.807) is 7.11 Å². The second-order valence-electron chi connectivity index (χ2n) is 4.91. The Balaban J connectivity index is 2.07. The van der Waals surface area contributed by atoms with E-state index in [0.29, 0.717) is 0 Å². The molecule has 0 radical (unpaired) electrons. The van der Waals surface area contributed by atoms with Gasteiger partial charge >= 0.3 is 0 Å². The number of hydrogen-bond acceptors (Lipinski definition) is 3. The smallest absolute Gasteiger partial charge is 0.0766 e. The summed E-state index contributed by atoms with van der Waals surface area (Å²) < 4.78 is 16.1. The molecule has 2 heterocycles. The number of ether oxygens (including phenoxy) is 3. The van der Waals surface area contributed by atoms with Gasteiger partial charge < -0.3 is 14.2 Å². The SMILES string of the molecule is COC(C1(C)COC1)C1(C)COC1. The molecule has 0 amide bonds. The van der Waals surface area contributed by atoms with Crippen molar-refractivity contribution in [1.82, 2.24) is 0 Å². The minimum absolute atomic E-state index is 0.202. The third-order valence-electron chi connectivity index (χ3n) is 3.23. The van der Waals surface area contributed by atoms with Gasteiger partial charge in [-0.05, 0) is 0 Å². The van der Waals surface area contributed by atoms with Crippen molar-refractivity contribution in [1.29, 1.82) is 0 Å². The first kappa shape index (κ1) is 9.44. The number of methoxy groups -OCH3 is 1. The van der Waals surface area contributed by atoms with Crippen LogP contribution in [-0.4, -0.2) is 39.6 Å². The summed E-state index contributed by atoms with van der Waals surface area (Å²) >= 11 is 0. The summed E-state index contributed by atoms with van der Waals surface area (Å²) in [7, 11) is 1.79. The lowest BCUT2D eigenvalue weighted by Gasteiger charge is -2.54. The van der Waals surface area contributed by atoms with Gasteiger partial charge in [0.25, 0.3) is 0 Å². The minimum atomic E-state index is 0.202. The van der Waals surface area contributed by atoms with Crippen LogP contribution in [0.5, 0.6) is 0 Å². The summed E-state index contributed by atoms with van der Waals surface area (Å²) in [5.74, 6) is 0. The minimum Gasteiger partial charge on any atom is -0.380 e. The second-order valence-corrected chi connectivity index (χ2v) is 4.91. The third-order valence-corrected chi connectivity index (χ3v) is 3.23. The maximum Gasteiger partial charge on any atom is 0.0766 e. The zero-order valence-electron chi connectivity index (χ0n) is 8.63. The largest absolute Gasteiger partial charge is 0.380 e. The lowest BCUT2D eigenvalue weighted by Crippen LogP contribution is -2.62. The van der Waals surface area contributed by atoms with Crippen LogP contribution in [0.1, 0.15) is 13.8 Å². The maximum absolute atomic E-state index is 5.60. The van der Waals surface area contributed by atoms with Crippen LogP contribution in [0.4, 0.5) is 0 Å². The number of rotatable bonds is 3. The quantitative estimate of drug-likeness (QED) is 0.660. The topological polar surface area (TPSA) is 27.7 Å². The summed E-state index contributed by atoms with van der Waals surface area (Å²) in [5, 5.41) is 0. The van der Waals surface area contributed by atoms with E-state index < -0.39 is 0 Å². The predicted octanol–water partition coefficient (Wildman–Crippen LogP) is 1.07. The molecule has 0 unspecified atom stereocenters. The number of hydrogen-bond donors (Lipinski definition) is 0. The molecule has 2 fully saturated rings. The van der Waals surface area contributed by atoms with Crippen molar-refractivity contribution in [3.8, 4) is 0 Å². The molecule has 2 aliphatic heterocycles. The molecule has 0 saturated carbocycles. The van der Waals surface area contributed by atoms with Crippen molar-refractivity contribution in [3.63, 3.8) is 0 Å². The summed E-state index contributed by atoms with van der Waals surface area (Å²) in [6.07, 6.45) is 0.266. The Labute approximate surface area is 79.4 Å². The molecule has 0 aromatic carbocycles. The molecule has 2 saturated heterocycles. The fourth-order valence-electron chi connectivity index (χ4n) is 2.56. The van der Waals surface area contributed by atoms with Gasteiger partial charge in [-0.2, -0.15) is 0 Å². The molecule has 0 aromatic heterocycles. The van der Waals surface area contributed by atoms with E-state index in [-0.39, 0.29) is 16.9 Å². The normalized spacial score (nSPS) is 29.5. The van der Waals surface area contributed by atoms with Crippen molar-refractivity contribution in [3.05, 3.63) is 0 Å². The van der Waals surface area contributed by atoms with E-state index in [0.717, 1.165) is 26.4 Å². The Morgan fingerprint density at radius 1 is 1.00 bits per heavy atom. The van der Waals surface area contributed by atoms with E-state index >= 15 is 0 Å². The Morgan fingerprint density at radius 2 is 1.38 bits per heavy atom. The van der Waals surface area contributed by atoms with Crippen LogP contribution in [0.3, 0.4) is 0 Å². The van der Waals surface area contributed by atoms with Gasteiger partial charge in [0.2, 0.25) is 0 Å². The van der Waals surface area contributed by atoms with Gasteiger partial charge in [0.1, 0.15) is 0 Å². The van der Waals surface area contributed by atoms with Crippen molar-refractivity contribution in [2.75, 3.05) is 33.5 Å². The molecule has 3 heteroatoms. The molecular formula is C10H18O3. The Bertz CT molecular complexity index is 174. The van der Waals surface area contributed by atoms with Gasteiger partial charge in [0.05, 0.1) is 32.5 Å². The van der Waals surface area contributed by atoms with Gasteiger partial charge in [-0.1, -0.05) is 13.8 Å². The van der Waals surface area contributed by atoms with Crippen LogP contribution in [0.25, 0.3) is 0 Å². The lowest BCUT2D eigenvalue weighted by molar-refractivity contribution is -0.253. The molecule has 2 rings (SSSR count). The van der Waals surface area contributed by atoms with E-state index in [9.17, 15) is 0 Å². The van der Waals surface area contributed by atoms with Gasteiger partial charge in [-0.15, -0.1) is 0 Å². The summed E-state index contributed by atoms with van der Waals surface area (Å²) in [5.41, 5.74) is 0.403. The standard InChI is InChI=1S/C10H18O3/c1-9(4-12-5-9)8(11-3)10(2)6-13-7-10/h8H,4-7H2,1-3H3. The first-order chi connectivity index (χ1) is 6.11. The molecule has 3 nitrogen and oxygen atoms in total. The van der Waals surface area contributed by atoms with Crippen molar-refractivity contribution < 1.29 is 14.2 Å². The average molecular weight is 186 g/mol. The van der Waals surface area contributed by atoms with Crippen LogP contribution in [0.15, 0.2) is 0 Å². The van der Waals surface area contributed by atoms with E-state index in [4.69, 9.17) is 14.2 Å². The van der Waals surface area contributed by atoms with Crippen molar-refractivity contribution >= 4 is 0 Å². The van der Waals surface area contributed by atoms with E-state index in [1.807, 2.05) is 0 Å². The predicted molar refractivity (Wildman–Crippen MR) is 48.6 cm³/mol. The molecule has 0 N–H and O–H groups in total. The monoisotopic (exact) mass is 186 g/mol. The molecule has 0 aromatic rings. The van der Waals surface area contributed by atoms with E-state index in [1.165, 1.54) is 0 Å². The van der Waals surface area contributed by atoms with Crippen LogP contribution >= 0.6 is 0 Å². The maximum atomic E-state index is 5.60. The average Bonchev–Trinajstić information content (AvgIpc) is 1.99. The highest BCUT2D eigenvalue weighted by Gasteiger charge is 2.53. The first-order valence-corrected chi connectivity index (χ1v) is 4.79. The highest BCUT2D eigenvalue weighted by molar-refractivity contribution is 5.00. The Morgan fingerprint density at radius 3 is 1.54 bits per heavy atom. The third kappa shape index (κ3) is 1.30. The van der Waals surface area contributed by atoms with Crippen LogP contribution in [0.2, 0.25) is 0 Å². The molecule has 0 aliphatic carbocycles. The zero-order chi connectivity index (χ0) is 9.53. The second kappa shape index (κ2) is 2.94. The Kier molecular flexibility index (Phi) is 2.13. The van der Waals surface area contributed by atoms with Crippen molar-refractivity contribution in [2.45, 2.75) is 20.0 Å². The summed E-state index contributed by atoms with van der Waals surface area (Å²) in [6, 6.07) is 0. The van der Waals surface area contributed by atoms with Crippen LogP contribution in [0, 0.1) is 10.8 Å². The molecule has 0 atom stereocenters.